The fourth-order valence-corrected chi connectivity index (χ4v) is 4.88. The van der Waals surface area contributed by atoms with Crippen molar-refractivity contribution in [3.8, 4) is 5.75 Å². The van der Waals surface area contributed by atoms with Crippen molar-refractivity contribution in [3.63, 3.8) is 0 Å². The van der Waals surface area contributed by atoms with Gasteiger partial charge >= 0.3 is 5.97 Å². The molecule has 1 saturated carbocycles. The van der Waals surface area contributed by atoms with Crippen molar-refractivity contribution >= 4 is 35.0 Å². The van der Waals surface area contributed by atoms with Crippen LogP contribution in [0.1, 0.15) is 49.4 Å². The number of carbonyl (C=O) groups is 2. The average Bonchev–Trinajstić information content (AvgIpc) is 3.34. The molecule has 10 heteroatoms. The van der Waals surface area contributed by atoms with Crippen molar-refractivity contribution < 1.29 is 19.4 Å². The number of carboxylic acids is 1. The summed E-state index contributed by atoms with van der Waals surface area (Å²) in [7, 11) is 5.25. The Balaban J connectivity index is 1.69. The molecule has 0 radical (unpaired) electrons. The lowest BCUT2D eigenvalue weighted by Crippen LogP contribution is -2.58. The topological polar surface area (TPSA) is 111 Å². The van der Waals surface area contributed by atoms with Crippen LogP contribution in [0.4, 0.5) is 23.1 Å². The maximum Gasteiger partial charge on any atom is 0.335 e. The lowest BCUT2D eigenvalue weighted by molar-refractivity contribution is -0.120. The van der Waals surface area contributed by atoms with Crippen LogP contribution in [-0.2, 0) is 4.79 Å². The Morgan fingerprint density at radius 3 is 2.71 bits per heavy atom. The molecule has 1 amide bonds. The van der Waals surface area contributed by atoms with Crippen molar-refractivity contribution in [3.05, 3.63) is 30.0 Å². The highest BCUT2D eigenvalue weighted by Crippen LogP contribution is 2.37. The van der Waals surface area contributed by atoms with Gasteiger partial charge in [0.1, 0.15) is 17.5 Å². The highest BCUT2D eigenvalue weighted by atomic mass is 16.5. The number of hydrogen-bond acceptors (Lipinski definition) is 8. The van der Waals surface area contributed by atoms with Crippen LogP contribution in [0.5, 0.6) is 5.75 Å². The van der Waals surface area contributed by atoms with Crippen LogP contribution in [-0.4, -0.2) is 65.8 Å². The predicted molar refractivity (Wildman–Crippen MR) is 130 cm³/mol. The number of methoxy groups -OCH3 is 1. The number of fused-ring (bicyclic) bond motifs is 1. The first-order valence-corrected chi connectivity index (χ1v) is 11.7. The second-order valence-electron chi connectivity index (χ2n) is 8.90. The van der Waals surface area contributed by atoms with Gasteiger partial charge in [0, 0.05) is 20.6 Å². The molecule has 1 aromatic carbocycles. The third-order valence-corrected chi connectivity index (χ3v) is 6.69. The van der Waals surface area contributed by atoms with Gasteiger partial charge in [0.2, 0.25) is 5.95 Å². The number of benzene rings is 1. The summed E-state index contributed by atoms with van der Waals surface area (Å²) >= 11 is 0. The SMILES string of the molecule is CCC1C(=O)N(C)c2cnc(Nc3ccc(C(=O)O)cc3OC)nc2N1N(C)CC1CCCC1. The molecule has 2 aromatic rings. The maximum absolute atomic E-state index is 13.1. The fraction of sp³-hybridized carbons (Fsp3) is 0.500. The average molecular weight is 469 g/mol. The third-order valence-electron chi connectivity index (χ3n) is 6.69. The Bertz CT molecular complexity index is 1070. The molecule has 1 fully saturated rings. The predicted octanol–water partition coefficient (Wildman–Crippen LogP) is 3.53. The Morgan fingerprint density at radius 1 is 1.32 bits per heavy atom. The summed E-state index contributed by atoms with van der Waals surface area (Å²) in [5.74, 6) is 0.954. The van der Waals surface area contributed by atoms with Gasteiger partial charge in [-0.05, 0) is 43.4 Å². The molecule has 1 aromatic heterocycles. The molecule has 0 spiro atoms. The molecule has 1 unspecified atom stereocenters. The largest absolute Gasteiger partial charge is 0.495 e. The molecular weight excluding hydrogens is 436 g/mol. The van der Waals surface area contributed by atoms with Gasteiger partial charge in [-0.25, -0.2) is 14.8 Å². The molecule has 2 heterocycles. The van der Waals surface area contributed by atoms with Crippen molar-refractivity contribution in [2.75, 3.05) is 43.0 Å². The number of nitrogens with one attached hydrogen (secondary N) is 1. The molecule has 1 aliphatic heterocycles. The van der Waals surface area contributed by atoms with E-state index in [0.29, 0.717) is 41.2 Å². The quantitative estimate of drug-likeness (QED) is 0.601. The minimum Gasteiger partial charge on any atom is -0.495 e. The summed E-state index contributed by atoms with van der Waals surface area (Å²) in [6, 6.07) is 4.22. The second-order valence-corrected chi connectivity index (χ2v) is 8.90. The first kappa shape index (κ1) is 23.7. The number of likely N-dealkylation sites (N-methyl/N-ethyl adjacent to an activating group) is 1. The summed E-state index contributed by atoms with van der Waals surface area (Å²) < 4.78 is 5.37. The minimum atomic E-state index is -1.03. The van der Waals surface area contributed by atoms with Crippen LogP contribution in [0.3, 0.4) is 0 Å². The molecule has 2 N–H and O–H groups in total. The first-order valence-electron chi connectivity index (χ1n) is 11.7. The van der Waals surface area contributed by atoms with Gasteiger partial charge in [-0.1, -0.05) is 19.8 Å². The number of nitrogens with zero attached hydrogens (tertiary/aromatic N) is 5. The van der Waals surface area contributed by atoms with Gasteiger partial charge in [0.05, 0.1) is 24.6 Å². The molecule has 1 atom stereocenters. The summed E-state index contributed by atoms with van der Waals surface area (Å²) in [4.78, 5) is 35.3. The molecule has 34 heavy (non-hydrogen) atoms. The number of carboxylic acid groups (broad SMARTS) is 1. The second kappa shape index (κ2) is 9.84. The fourth-order valence-electron chi connectivity index (χ4n) is 4.88. The van der Waals surface area contributed by atoms with Gasteiger partial charge in [-0.2, -0.15) is 4.98 Å². The van der Waals surface area contributed by atoms with Crippen LogP contribution in [0.15, 0.2) is 24.4 Å². The number of carbonyl (C=O) groups excluding carboxylic acids is 1. The number of hydrazine groups is 1. The molecule has 1 aliphatic carbocycles. The van der Waals surface area contributed by atoms with Crippen molar-refractivity contribution in [1.82, 2.24) is 15.0 Å². The number of aromatic carboxylic acids is 1. The van der Waals surface area contributed by atoms with Crippen LogP contribution < -0.4 is 20.0 Å². The zero-order valence-electron chi connectivity index (χ0n) is 20.1. The van der Waals surface area contributed by atoms with Crippen molar-refractivity contribution in [1.29, 1.82) is 0 Å². The Labute approximate surface area is 199 Å². The van der Waals surface area contributed by atoms with E-state index in [-0.39, 0.29) is 17.5 Å². The number of hydrogen-bond donors (Lipinski definition) is 2. The Kier molecular flexibility index (Phi) is 6.87. The van der Waals surface area contributed by atoms with E-state index in [1.807, 2.05) is 19.0 Å². The standard InChI is InChI=1S/C24H32N6O4/c1-5-18-22(31)29(3)19-13-25-24(26-17-11-10-16(23(32)33)12-20(17)34-4)27-21(19)30(18)28(2)14-15-8-6-7-9-15/h10-13,15,18H,5-9,14H2,1-4H3,(H,32,33)(H,25,26,27). The Hall–Kier alpha value is -3.40. The highest BCUT2D eigenvalue weighted by Gasteiger charge is 2.39. The van der Waals surface area contributed by atoms with E-state index >= 15 is 0 Å². The zero-order valence-corrected chi connectivity index (χ0v) is 20.1. The number of amides is 1. The summed E-state index contributed by atoms with van der Waals surface area (Å²) in [6.45, 7) is 2.87. The van der Waals surface area contributed by atoms with Crippen molar-refractivity contribution in [2.24, 2.45) is 5.92 Å². The van der Waals surface area contributed by atoms with Crippen LogP contribution in [0.25, 0.3) is 0 Å². The van der Waals surface area contributed by atoms with E-state index in [4.69, 9.17) is 9.72 Å². The van der Waals surface area contributed by atoms with Gasteiger partial charge < -0.3 is 20.1 Å². The zero-order chi connectivity index (χ0) is 24.4. The normalized spacial score (nSPS) is 18.4. The maximum atomic E-state index is 13.1. The minimum absolute atomic E-state index is 0.0171. The number of rotatable bonds is 8. The highest BCUT2D eigenvalue weighted by molar-refractivity contribution is 6.04. The molecule has 2 aliphatic rings. The van der Waals surface area contributed by atoms with Gasteiger partial charge in [0.15, 0.2) is 5.82 Å². The monoisotopic (exact) mass is 468 g/mol. The van der Waals surface area contributed by atoms with E-state index in [2.05, 4.69) is 15.3 Å². The van der Waals surface area contributed by atoms with E-state index in [9.17, 15) is 14.7 Å². The van der Waals surface area contributed by atoms with E-state index < -0.39 is 5.97 Å². The summed E-state index contributed by atoms with van der Waals surface area (Å²) in [5.41, 5.74) is 1.32. The number of aromatic nitrogens is 2. The first-order chi connectivity index (χ1) is 16.3. The molecule has 4 rings (SSSR count). The van der Waals surface area contributed by atoms with E-state index in [1.165, 1.54) is 44.9 Å². The molecular formula is C24H32N6O4. The van der Waals surface area contributed by atoms with Crippen molar-refractivity contribution in [2.45, 2.75) is 45.1 Å². The van der Waals surface area contributed by atoms with Crippen LogP contribution in [0.2, 0.25) is 0 Å². The summed E-state index contributed by atoms with van der Waals surface area (Å²) in [6.07, 6.45) is 7.22. The summed E-state index contributed by atoms with van der Waals surface area (Å²) in [5, 5.41) is 16.5. The lowest BCUT2D eigenvalue weighted by atomic mass is 10.1. The lowest BCUT2D eigenvalue weighted by Gasteiger charge is -2.45. The van der Waals surface area contributed by atoms with E-state index in [0.717, 1.165) is 6.54 Å². The number of anilines is 4. The molecule has 0 saturated heterocycles. The molecule has 0 bridgehead atoms. The smallest absolute Gasteiger partial charge is 0.335 e. The Morgan fingerprint density at radius 2 is 2.06 bits per heavy atom. The van der Waals surface area contributed by atoms with Crippen LogP contribution in [0, 0.1) is 5.92 Å². The molecule has 182 valence electrons. The van der Waals surface area contributed by atoms with Gasteiger partial charge in [-0.15, -0.1) is 0 Å². The van der Waals surface area contributed by atoms with E-state index in [1.54, 1.807) is 24.2 Å². The third kappa shape index (κ3) is 4.50. The van der Waals surface area contributed by atoms with Gasteiger partial charge in [-0.3, -0.25) is 9.80 Å². The van der Waals surface area contributed by atoms with Crippen LogP contribution >= 0.6 is 0 Å². The number of ether oxygens (including phenoxy) is 1. The molecule has 10 nitrogen and oxygen atoms in total. The van der Waals surface area contributed by atoms with Gasteiger partial charge in [0.25, 0.3) is 5.91 Å².